The standard InChI is InChI=1S/C19H33NO6/c1-18(2,3)12-19(4,20-5)17(24)26-11-10-25-16(23)14-9-7-6-8-13(14)15(21)22/h13-14,20H,6-12H2,1-5H3,(H,21,22). The first-order chi connectivity index (χ1) is 12.0. The Kier molecular flexibility index (Phi) is 8.06. The third kappa shape index (κ3) is 6.59. The molecule has 0 radical (unpaired) electrons. The molecule has 0 aliphatic heterocycles. The molecule has 7 heteroatoms. The largest absolute Gasteiger partial charge is 0.481 e. The minimum atomic E-state index is -0.954. The highest BCUT2D eigenvalue weighted by atomic mass is 16.6. The van der Waals surface area contributed by atoms with Crippen LogP contribution in [0.1, 0.15) is 59.8 Å². The molecule has 1 aliphatic rings. The van der Waals surface area contributed by atoms with Crippen LogP contribution < -0.4 is 5.32 Å². The molecule has 1 fully saturated rings. The molecule has 0 aromatic rings. The molecule has 3 atom stereocenters. The fraction of sp³-hybridized carbons (Fsp3) is 0.842. The van der Waals surface area contributed by atoms with Gasteiger partial charge in [0.05, 0.1) is 11.8 Å². The Morgan fingerprint density at radius 3 is 2.04 bits per heavy atom. The zero-order valence-corrected chi connectivity index (χ0v) is 16.6. The number of esters is 2. The van der Waals surface area contributed by atoms with Gasteiger partial charge in [0.1, 0.15) is 18.8 Å². The first-order valence-electron chi connectivity index (χ1n) is 9.26. The van der Waals surface area contributed by atoms with E-state index in [0.29, 0.717) is 19.3 Å². The zero-order valence-electron chi connectivity index (χ0n) is 16.6. The lowest BCUT2D eigenvalue weighted by Gasteiger charge is -2.33. The number of carboxylic acid groups (broad SMARTS) is 1. The molecule has 0 aromatic carbocycles. The van der Waals surface area contributed by atoms with Crippen LogP contribution in [-0.2, 0) is 23.9 Å². The predicted molar refractivity (Wildman–Crippen MR) is 96.5 cm³/mol. The minimum absolute atomic E-state index is 0.0452. The molecule has 0 heterocycles. The van der Waals surface area contributed by atoms with Gasteiger partial charge in [-0.2, -0.15) is 0 Å². The van der Waals surface area contributed by atoms with Gasteiger partial charge < -0.3 is 19.9 Å². The van der Waals surface area contributed by atoms with Crippen molar-refractivity contribution in [3.63, 3.8) is 0 Å². The van der Waals surface area contributed by atoms with E-state index in [-0.39, 0.29) is 18.6 Å². The van der Waals surface area contributed by atoms with E-state index in [4.69, 9.17) is 9.47 Å². The Hall–Kier alpha value is -1.63. The number of hydrogen-bond donors (Lipinski definition) is 2. The molecular formula is C19H33NO6. The quantitative estimate of drug-likeness (QED) is 0.499. The summed E-state index contributed by atoms with van der Waals surface area (Å²) >= 11 is 0. The van der Waals surface area contributed by atoms with Crippen LogP contribution in [-0.4, -0.2) is 48.8 Å². The Bertz CT molecular complexity index is 513. The number of rotatable bonds is 8. The van der Waals surface area contributed by atoms with Crippen LogP contribution in [0.5, 0.6) is 0 Å². The molecule has 0 spiro atoms. The first kappa shape index (κ1) is 22.4. The normalized spacial score (nSPS) is 23.0. The van der Waals surface area contributed by atoms with Gasteiger partial charge in [-0.1, -0.05) is 33.6 Å². The van der Waals surface area contributed by atoms with Crippen LogP contribution in [0.25, 0.3) is 0 Å². The van der Waals surface area contributed by atoms with Gasteiger partial charge in [-0.05, 0) is 38.6 Å². The maximum absolute atomic E-state index is 12.4. The van der Waals surface area contributed by atoms with Gasteiger partial charge >= 0.3 is 17.9 Å². The summed E-state index contributed by atoms with van der Waals surface area (Å²) in [6, 6.07) is 0. The molecule has 2 N–H and O–H groups in total. The van der Waals surface area contributed by atoms with Gasteiger partial charge in [-0.3, -0.25) is 14.4 Å². The smallest absolute Gasteiger partial charge is 0.326 e. The molecule has 1 aliphatic carbocycles. The maximum Gasteiger partial charge on any atom is 0.326 e. The van der Waals surface area contributed by atoms with E-state index >= 15 is 0 Å². The third-order valence-electron chi connectivity index (χ3n) is 4.83. The second-order valence-electron chi connectivity index (χ2n) is 8.46. The highest BCUT2D eigenvalue weighted by molar-refractivity contribution is 5.81. The number of likely N-dealkylation sites (N-methyl/N-ethyl adjacent to an activating group) is 1. The van der Waals surface area contributed by atoms with E-state index < -0.39 is 35.3 Å². The number of nitrogens with one attached hydrogen (secondary N) is 1. The van der Waals surface area contributed by atoms with Crippen molar-refractivity contribution in [3.05, 3.63) is 0 Å². The third-order valence-corrected chi connectivity index (χ3v) is 4.83. The van der Waals surface area contributed by atoms with Crippen LogP contribution in [0.3, 0.4) is 0 Å². The molecule has 1 rings (SSSR count). The van der Waals surface area contributed by atoms with Crippen LogP contribution in [0.2, 0.25) is 0 Å². The summed E-state index contributed by atoms with van der Waals surface area (Å²) in [5.74, 6) is -3.16. The topological polar surface area (TPSA) is 102 Å². The van der Waals surface area contributed by atoms with E-state index in [1.807, 2.05) is 20.8 Å². The molecule has 0 bridgehead atoms. The molecule has 1 saturated carbocycles. The Labute approximate surface area is 155 Å². The van der Waals surface area contributed by atoms with E-state index in [9.17, 15) is 19.5 Å². The molecule has 0 saturated heterocycles. The highest BCUT2D eigenvalue weighted by Crippen LogP contribution is 2.31. The van der Waals surface area contributed by atoms with Crippen LogP contribution in [0.4, 0.5) is 0 Å². The molecular weight excluding hydrogens is 338 g/mol. The van der Waals surface area contributed by atoms with E-state index in [1.165, 1.54) is 0 Å². The molecule has 150 valence electrons. The predicted octanol–water partition coefficient (Wildman–Crippen LogP) is 2.38. The van der Waals surface area contributed by atoms with Gasteiger partial charge in [0.25, 0.3) is 0 Å². The second kappa shape index (κ2) is 9.35. The number of aliphatic carboxylic acids is 1. The fourth-order valence-electron chi connectivity index (χ4n) is 3.57. The SMILES string of the molecule is CNC(C)(CC(C)(C)C)C(=O)OCCOC(=O)C1CCCCC1C(=O)O. The van der Waals surface area contributed by atoms with E-state index in [2.05, 4.69) is 5.32 Å². The van der Waals surface area contributed by atoms with Crippen molar-refractivity contribution in [2.45, 2.75) is 65.3 Å². The molecule has 3 unspecified atom stereocenters. The number of hydrogen-bond acceptors (Lipinski definition) is 6. The molecule has 26 heavy (non-hydrogen) atoms. The van der Waals surface area contributed by atoms with Crippen LogP contribution >= 0.6 is 0 Å². The lowest BCUT2D eigenvalue weighted by atomic mass is 9.79. The number of carbonyl (C=O) groups is 3. The maximum atomic E-state index is 12.4. The van der Waals surface area contributed by atoms with Crippen molar-refractivity contribution in [2.75, 3.05) is 20.3 Å². The average molecular weight is 371 g/mol. The van der Waals surface area contributed by atoms with Crippen molar-refractivity contribution in [3.8, 4) is 0 Å². The Balaban J connectivity index is 2.46. The number of carboxylic acids is 1. The monoisotopic (exact) mass is 371 g/mol. The van der Waals surface area contributed by atoms with Crippen molar-refractivity contribution in [1.82, 2.24) is 5.32 Å². The van der Waals surface area contributed by atoms with Crippen LogP contribution in [0.15, 0.2) is 0 Å². The van der Waals surface area contributed by atoms with Crippen molar-refractivity contribution >= 4 is 17.9 Å². The zero-order chi connectivity index (χ0) is 20.0. The summed E-state index contributed by atoms with van der Waals surface area (Å²) in [4.78, 5) is 35.8. The molecule has 0 aromatic heterocycles. The summed E-state index contributed by atoms with van der Waals surface area (Å²) in [7, 11) is 1.71. The van der Waals surface area contributed by atoms with Gasteiger partial charge in [0, 0.05) is 0 Å². The second-order valence-corrected chi connectivity index (χ2v) is 8.46. The summed E-state index contributed by atoms with van der Waals surface area (Å²) in [5, 5.41) is 12.2. The average Bonchev–Trinajstić information content (AvgIpc) is 2.56. The molecule has 7 nitrogen and oxygen atoms in total. The number of carbonyl (C=O) groups excluding carboxylic acids is 2. The Morgan fingerprint density at radius 1 is 1.00 bits per heavy atom. The van der Waals surface area contributed by atoms with Crippen molar-refractivity contribution < 1.29 is 29.0 Å². The van der Waals surface area contributed by atoms with Crippen molar-refractivity contribution in [1.29, 1.82) is 0 Å². The van der Waals surface area contributed by atoms with Gasteiger partial charge in [0.15, 0.2) is 0 Å². The van der Waals surface area contributed by atoms with E-state index in [1.54, 1.807) is 14.0 Å². The van der Waals surface area contributed by atoms with Gasteiger partial charge in [0.2, 0.25) is 0 Å². The van der Waals surface area contributed by atoms with E-state index in [0.717, 1.165) is 12.8 Å². The lowest BCUT2D eigenvalue weighted by molar-refractivity contribution is -0.163. The first-order valence-corrected chi connectivity index (χ1v) is 9.26. The lowest BCUT2D eigenvalue weighted by Crippen LogP contribution is -2.51. The van der Waals surface area contributed by atoms with Crippen molar-refractivity contribution in [2.24, 2.45) is 17.3 Å². The van der Waals surface area contributed by atoms with Gasteiger partial charge in [-0.15, -0.1) is 0 Å². The summed E-state index contributed by atoms with van der Waals surface area (Å²) in [6.07, 6.45) is 3.26. The molecule has 0 amide bonds. The minimum Gasteiger partial charge on any atom is -0.481 e. The van der Waals surface area contributed by atoms with Gasteiger partial charge in [-0.25, -0.2) is 0 Å². The highest BCUT2D eigenvalue weighted by Gasteiger charge is 2.38. The number of ether oxygens (including phenoxy) is 2. The van der Waals surface area contributed by atoms with Crippen LogP contribution in [0, 0.1) is 17.3 Å². The Morgan fingerprint density at radius 2 is 1.54 bits per heavy atom. The summed E-state index contributed by atoms with van der Waals surface area (Å²) in [5.41, 5.74) is -0.879. The summed E-state index contributed by atoms with van der Waals surface area (Å²) < 4.78 is 10.4. The summed E-state index contributed by atoms with van der Waals surface area (Å²) in [6.45, 7) is 7.80. The fourth-order valence-corrected chi connectivity index (χ4v) is 3.57.